The summed E-state index contributed by atoms with van der Waals surface area (Å²) in [7, 11) is 1.58. The lowest BCUT2D eigenvalue weighted by atomic mass is 10.1. The molecule has 8 heteroatoms. The Morgan fingerprint density at radius 1 is 1.36 bits per heavy atom. The van der Waals surface area contributed by atoms with Crippen molar-refractivity contribution in [1.82, 2.24) is 9.80 Å². The number of methoxy groups -OCH3 is 1. The fraction of sp³-hybridized carbons (Fsp3) is 0.529. The summed E-state index contributed by atoms with van der Waals surface area (Å²) in [6, 6.07) is 4.56. The van der Waals surface area contributed by atoms with Crippen LogP contribution in [-0.4, -0.2) is 73.1 Å². The zero-order valence-corrected chi connectivity index (χ0v) is 15.1. The van der Waals surface area contributed by atoms with E-state index in [0.29, 0.717) is 37.0 Å². The van der Waals surface area contributed by atoms with E-state index in [1.807, 2.05) is 4.90 Å². The van der Waals surface area contributed by atoms with Gasteiger partial charge in [0.1, 0.15) is 24.7 Å². The van der Waals surface area contributed by atoms with Gasteiger partial charge in [-0.1, -0.05) is 0 Å². The molecule has 136 valence electrons. The molecular formula is C17H23FN3O3S+. The highest BCUT2D eigenvalue weighted by atomic mass is 32.2. The van der Waals surface area contributed by atoms with Gasteiger partial charge in [-0.05, 0) is 18.2 Å². The number of halogens is 1. The fourth-order valence-electron chi connectivity index (χ4n) is 3.21. The van der Waals surface area contributed by atoms with Crippen molar-refractivity contribution in [2.45, 2.75) is 6.54 Å². The van der Waals surface area contributed by atoms with Gasteiger partial charge in [0.05, 0.1) is 50.5 Å². The van der Waals surface area contributed by atoms with Gasteiger partial charge >= 0.3 is 0 Å². The van der Waals surface area contributed by atoms with Gasteiger partial charge in [-0.2, -0.15) is 0 Å². The Morgan fingerprint density at radius 2 is 2.12 bits per heavy atom. The van der Waals surface area contributed by atoms with Crippen molar-refractivity contribution in [3.63, 3.8) is 0 Å². The van der Waals surface area contributed by atoms with Crippen molar-refractivity contribution >= 4 is 23.6 Å². The number of piperazine rings is 1. The number of quaternary nitrogens is 1. The molecule has 3 rings (SSSR count). The number of carbonyl (C=O) groups excluding carboxylic acids is 2. The predicted molar refractivity (Wildman–Crippen MR) is 93.0 cm³/mol. The molecule has 1 aromatic carbocycles. The van der Waals surface area contributed by atoms with E-state index >= 15 is 0 Å². The van der Waals surface area contributed by atoms with E-state index in [0.717, 1.165) is 18.7 Å². The number of carbonyl (C=O) groups is 2. The van der Waals surface area contributed by atoms with Crippen LogP contribution in [0.15, 0.2) is 18.2 Å². The van der Waals surface area contributed by atoms with E-state index in [1.165, 1.54) is 17.0 Å². The molecule has 0 bridgehead atoms. The third kappa shape index (κ3) is 4.43. The van der Waals surface area contributed by atoms with Crippen LogP contribution in [-0.2, 0) is 16.1 Å². The number of benzene rings is 1. The third-order valence-electron chi connectivity index (χ3n) is 4.66. The van der Waals surface area contributed by atoms with Crippen LogP contribution < -0.4 is 9.64 Å². The van der Waals surface area contributed by atoms with Crippen LogP contribution in [0, 0.1) is 5.82 Å². The summed E-state index contributed by atoms with van der Waals surface area (Å²) in [6.07, 6.45) is 0. The second-order valence-electron chi connectivity index (χ2n) is 6.33. The van der Waals surface area contributed by atoms with Gasteiger partial charge < -0.3 is 19.4 Å². The van der Waals surface area contributed by atoms with E-state index in [4.69, 9.17) is 4.74 Å². The zero-order valence-electron chi connectivity index (χ0n) is 14.3. The minimum Gasteiger partial charge on any atom is -0.496 e. The fourth-order valence-corrected chi connectivity index (χ4v) is 4.11. The lowest BCUT2D eigenvalue weighted by Crippen LogP contribution is -3.13. The van der Waals surface area contributed by atoms with Crippen molar-refractivity contribution in [3.05, 3.63) is 29.6 Å². The maximum absolute atomic E-state index is 13.5. The first-order valence-electron chi connectivity index (χ1n) is 8.36. The summed E-state index contributed by atoms with van der Waals surface area (Å²) < 4.78 is 18.8. The number of hydrogen-bond acceptors (Lipinski definition) is 4. The average Bonchev–Trinajstić information content (AvgIpc) is 3.00. The molecular weight excluding hydrogens is 345 g/mol. The van der Waals surface area contributed by atoms with Gasteiger partial charge in [-0.25, -0.2) is 4.39 Å². The maximum Gasteiger partial charge on any atom is 0.242 e. The largest absolute Gasteiger partial charge is 0.496 e. The molecule has 0 spiro atoms. The summed E-state index contributed by atoms with van der Waals surface area (Å²) in [4.78, 5) is 28.7. The van der Waals surface area contributed by atoms with Crippen LogP contribution in [0.25, 0.3) is 0 Å². The molecule has 2 aliphatic rings. The van der Waals surface area contributed by atoms with Crippen molar-refractivity contribution in [3.8, 4) is 5.75 Å². The number of nitrogens with one attached hydrogen (secondary N) is 1. The van der Waals surface area contributed by atoms with Crippen LogP contribution in [0.5, 0.6) is 5.75 Å². The number of nitrogens with zero attached hydrogens (tertiary/aromatic N) is 2. The Bertz CT molecular complexity index is 650. The van der Waals surface area contributed by atoms with Crippen molar-refractivity contribution in [2.75, 3.05) is 51.5 Å². The number of thioether (sulfide) groups is 1. The first-order chi connectivity index (χ1) is 12.1. The normalized spacial score (nSPS) is 18.7. The molecule has 25 heavy (non-hydrogen) atoms. The van der Waals surface area contributed by atoms with Crippen molar-refractivity contribution in [1.29, 1.82) is 0 Å². The SMILES string of the molecule is COc1ccc(F)cc1C[NH+]1CCN(C(=O)CN2CSCC2=O)CC1. The molecule has 2 heterocycles. The average molecular weight is 368 g/mol. The minimum absolute atomic E-state index is 0.0123. The highest BCUT2D eigenvalue weighted by molar-refractivity contribution is 8.00. The van der Waals surface area contributed by atoms with Crippen LogP contribution in [0.1, 0.15) is 5.56 Å². The molecule has 1 N–H and O–H groups in total. The molecule has 2 saturated heterocycles. The molecule has 0 unspecified atom stereocenters. The molecule has 0 radical (unpaired) electrons. The van der Waals surface area contributed by atoms with E-state index in [9.17, 15) is 14.0 Å². The number of rotatable bonds is 5. The Labute approximate surface area is 150 Å². The van der Waals surface area contributed by atoms with Gasteiger partial charge in [0, 0.05) is 0 Å². The Hall–Kier alpha value is -1.80. The highest BCUT2D eigenvalue weighted by Crippen LogP contribution is 2.18. The van der Waals surface area contributed by atoms with Gasteiger partial charge in [-0.15, -0.1) is 11.8 Å². The molecule has 0 saturated carbocycles. The summed E-state index contributed by atoms with van der Waals surface area (Å²) in [5.41, 5.74) is 0.844. The molecule has 0 atom stereocenters. The topological polar surface area (TPSA) is 54.3 Å². The molecule has 0 aromatic heterocycles. The number of ether oxygens (including phenoxy) is 1. The van der Waals surface area contributed by atoms with E-state index in [2.05, 4.69) is 0 Å². The molecule has 0 aliphatic carbocycles. The lowest BCUT2D eigenvalue weighted by molar-refractivity contribution is -0.917. The smallest absolute Gasteiger partial charge is 0.242 e. The summed E-state index contributed by atoms with van der Waals surface area (Å²) in [6.45, 7) is 3.76. The Balaban J connectivity index is 1.51. The summed E-state index contributed by atoms with van der Waals surface area (Å²) >= 11 is 1.54. The van der Waals surface area contributed by atoms with Crippen molar-refractivity contribution in [2.24, 2.45) is 0 Å². The van der Waals surface area contributed by atoms with Gasteiger partial charge in [-0.3, -0.25) is 9.59 Å². The first kappa shape index (κ1) is 18.0. The van der Waals surface area contributed by atoms with Crippen LogP contribution in [0.2, 0.25) is 0 Å². The lowest BCUT2D eigenvalue weighted by Gasteiger charge is -2.33. The second-order valence-corrected chi connectivity index (χ2v) is 7.29. The molecule has 2 aliphatic heterocycles. The van der Waals surface area contributed by atoms with Crippen molar-refractivity contribution < 1.29 is 23.6 Å². The quantitative estimate of drug-likeness (QED) is 0.768. The molecule has 6 nitrogen and oxygen atoms in total. The van der Waals surface area contributed by atoms with E-state index in [1.54, 1.807) is 29.8 Å². The van der Waals surface area contributed by atoms with Gasteiger partial charge in [0.25, 0.3) is 0 Å². The van der Waals surface area contributed by atoms with Crippen LogP contribution in [0.4, 0.5) is 4.39 Å². The maximum atomic E-state index is 13.5. The third-order valence-corrected chi connectivity index (χ3v) is 5.60. The summed E-state index contributed by atoms with van der Waals surface area (Å²) in [5, 5.41) is 0. The highest BCUT2D eigenvalue weighted by Gasteiger charge is 2.28. The monoisotopic (exact) mass is 368 g/mol. The Morgan fingerprint density at radius 3 is 2.76 bits per heavy atom. The summed E-state index contributed by atoms with van der Waals surface area (Å²) in [5.74, 6) is 1.56. The van der Waals surface area contributed by atoms with Gasteiger partial charge in [0.15, 0.2) is 0 Å². The van der Waals surface area contributed by atoms with E-state index in [-0.39, 0.29) is 24.2 Å². The van der Waals surface area contributed by atoms with Crippen LogP contribution >= 0.6 is 11.8 Å². The minimum atomic E-state index is -0.267. The standard InChI is InChI=1S/C17H22FN3O3S/c1-24-15-3-2-14(18)8-13(15)9-19-4-6-20(7-5-19)16(22)10-21-12-25-11-17(21)23/h2-3,8H,4-7,9-12H2,1H3/p+1. The molecule has 1 aromatic rings. The van der Waals surface area contributed by atoms with Crippen LogP contribution in [0.3, 0.4) is 0 Å². The first-order valence-corrected chi connectivity index (χ1v) is 9.51. The second kappa shape index (κ2) is 8.05. The van der Waals surface area contributed by atoms with E-state index < -0.39 is 0 Å². The molecule has 2 amide bonds. The Kier molecular flexibility index (Phi) is 5.80. The molecule has 2 fully saturated rings. The number of hydrogen-bond donors (Lipinski definition) is 1. The number of amides is 2. The van der Waals surface area contributed by atoms with Gasteiger partial charge in [0.2, 0.25) is 11.8 Å². The predicted octanol–water partition coefficient (Wildman–Crippen LogP) is -0.406. The zero-order chi connectivity index (χ0) is 17.8.